The largest absolute Gasteiger partial charge is 0.423 e. The molecule has 1 aliphatic carbocycles. The summed E-state index contributed by atoms with van der Waals surface area (Å²) in [4.78, 5) is 39.9. The van der Waals surface area contributed by atoms with Crippen molar-refractivity contribution < 1.29 is 19.1 Å². The molecule has 0 N–H and O–H groups in total. The highest BCUT2D eigenvalue weighted by atomic mass is 16.5. The first-order valence-electron chi connectivity index (χ1n) is 11.0. The topological polar surface area (TPSA) is 63.7 Å². The fourth-order valence-electron chi connectivity index (χ4n) is 4.61. The summed E-state index contributed by atoms with van der Waals surface area (Å²) in [6.45, 7) is 8.49. The Labute approximate surface area is 183 Å². The lowest BCUT2D eigenvalue weighted by molar-refractivity contribution is -0.122. The Hall–Kier alpha value is -2.95. The molecule has 2 fully saturated rings. The van der Waals surface area contributed by atoms with E-state index in [1.807, 2.05) is 12.1 Å². The molecular weight excluding hydrogens is 390 g/mol. The van der Waals surface area contributed by atoms with Crippen LogP contribution in [-0.2, 0) is 15.0 Å². The van der Waals surface area contributed by atoms with Gasteiger partial charge in [-0.05, 0) is 66.5 Å². The van der Waals surface area contributed by atoms with Gasteiger partial charge < -0.3 is 4.74 Å². The summed E-state index contributed by atoms with van der Waals surface area (Å²) in [5.41, 5.74) is 1.91. The first-order chi connectivity index (χ1) is 14.6. The maximum Gasteiger partial charge on any atom is 0.343 e. The Kier molecular flexibility index (Phi) is 5.46. The highest BCUT2D eigenvalue weighted by Crippen LogP contribution is 2.42. The zero-order valence-electron chi connectivity index (χ0n) is 18.6. The lowest BCUT2D eigenvalue weighted by Crippen LogP contribution is -2.31. The summed E-state index contributed by atoms with van der Waals surface area (Å²) in [6, 6.07) is 14.0. The standard InChI is InChI=1S/C26H29NO4/c1-16-8-13-21-22(14-16)24(29)27(23(21)28)19-7-5-6-17(15-19)25(30)31-20-11-9-18(10-12-20)26(2,3)4/h5-7,9-12,15-16,21-22H,8,13-14H2,1-4H3/t16-,21+,22-/m0/s1. The molecule has 2 amide bonds. The van der Waals surface area contributed by atoms with Crippen LogP contribution in [0.25, 0.3) is 0 Å². The van der Waals surface area contributed by atoms with E-state index in [0.29, 0.717) is 22.9 Å². The maximum absolute atomic E-state index is 13.0. The summed E-state index contributed by atoms with van der Waals surface area (Å²) >= 11 is 0. The summed E-state index contributed by atoms with van der Waals surface area (Å²) in [7, 11) is 0. The number of esters is 1. The number of anilines is 1. The number of nitrogens with zero attached hydrogens (tertiary/aromatic N) is 1. The smallest absolute Gasteiger partial charge is 0.343 e. The molecule has 1 saturated heterocycles. The zero-order chi connectivity index (χ0) is 22.3. The number of rotatable bonds is 3. The third kappa shape index (κ3) is 4.14. The molecule has 4 rings (SSSR count). The molecule has 2 aliphatic rings. The lowest BCUT2D eigenvalue weighted by atomic mass is 9.76. The second kappa shape index (κ2) is 7.95. The highest BCUT2D eigenvalue weighted by Gasteiger charge is 2.50. The molecule has 5 heteroatoms. The van der Waals surface area contributed by atoms with Gasteiger partial charge in [-0.1, -0.05) is 45.9 Å². The Bertz CT molecular complexity index is 1020. The molecule has 0 bridgehead atoms. The van der Waals surface area contributed by atoms with E-state index in [0.717, 1.165) is 24.8 Å². The summed E-state index contributed by atoms with van der Waals surface area (Å²) < 4.78 is 5.52. The van der Waals surface area contributed by atoms with E-state index in [9.17, 15) is 14.4 Å². The van der Waals surface area contributed by atoms with Crippen LogP contribution in [0.15, 0.2) is 48.5 Å². The Morgan fingerprint density at radius 2 is 1.65 bits per heavy atom. The molecule has 5 nitrogen and oxygen atoms in total. The van der Waals surface area contributed by atoms with Crippen molar-refractivity contribution >= 4 is 23.5 Å². The van der Waals surface area contributed by atoms with Gasteiger partial charge in [0.15, 0.2) is 0 Å². The van der Waals surface area contributed by atoms with Gasteiger partial charge in [0, 0.05) is 0 Å². The third-order valence-corrected chi connectivity index (χ3v) is 6.46. The first kappa shape index (κ1) is 21.3. The molecule has 2 aromatic rings. The Morgan fingerprint density at radius 3 is 2.32 bits per heavy atom. The van der Waals surface area contributed by atoms with Gasteiger partial charge in [0.1, 0.15) is 5.75 Å². The Balaban J connectivity index is 1.52. The molecule has 31 heavy (non-hydrogen) atoms. The van der Waals surface area contributed by atoms with E-state index in [-0.39, 0.29) is 29.1 Å². The molecule has 3 atom stereocenters. The normalized spacial score (nSPS) is 23.6. The molecule has 2 aromatic carbocycles. The summed E-state index contributed by atoms with van der Waals surface area (Å²) in [5.74, 6) is -0.389. The number of imide groups is 1. The summed E-state index contributed by atoms with van der Waals surface area (Å²) in [5, 5.41) is 0. The molecule has 0 spiro atoms. The average Bonchev–Trinajstić information content (AvgIpc) is 2.97. The number of amides is 2. The number of benzene rings is 2. The van der Waals surface area contributed by atoms with Gasteiger partial charge in [-0.3, -0.25) is 14.5 Å². The average molecular weight is 420 g/mol. The first-order valence-corrected chi connectivity index (χ1v) is 11.0. The van der Waals surface area contributed by atoms with E-state index in [1.165, 1.54) is 4.90 Å². The van der Waals surface area contributed by atoms with Crippen molar-refractivity contribution in [2.24, 2.45) is 17.8 Å². The van der Waals surface area contributed by atoms with Crippen LogP contribution in [0.2, 0.25) is 0 Å². The molecule has 0 unspecified atom stereocenters. The van der Waals surface area contributed by atoms with Gasteiger partial charge in [-0.2, -0.15) is 0 Å². The second-order valence-electron chi connectivity index (χ2n) is 9.86. The van der Waals surface area contributed by atoms with Crippen molar-refractivity contribution in [3.05, 3.63) is 59.7 Å². The molecular formula is C26H29NO4. The lowest BCUT2D eigenvalue weighted by Gasteiger charge is -2.25. The third-order valence-electron chi connectivity index (χ3n) is 6.46. The minimum Gasteiger partial charge on any atom is -0.423 e. The maximum atomic E-state index is 13.0. The fraction of sp³-hybridized carbons (Fsp3) is 0.423. The van der Waals surface area contributed by atoms with Crippen LogP contribution in [0.4, 0.5) is 5.69 Å². The molecule has 0 aromatic heterocycles. The van der Waals surface area contributed by atoms with Crippen LogP contribution in [0.3, 0.4) is 0 Å². The van der Waals surface area contributed by atoms with E-state index in [2.05, 4.69) is 27.7 Å². The van der Waals surface area contributed by atoms with Gasteiger partial charge >= 0.3 is 5.97 Å². The van der Waals surface area contributed by atoms with Gasteiger partial charge in [0.2, 0.25) is 11.8 Å². The van der Waals surface area contributed by atoms with Crippen molar-refractivity contribution in [1.82, 2.24) is 0 Å². The van der Waals surface area contributed by atoms with Crippen molar-refractivity contribution in [3.8, 4) is 5.75 Å². The van der Waals surface area contributed by atoms with Crippen LogP contribution in [0, 0.1) is 17.8 Å². The van der Waals surface area contributed by atoms with Crippen molar-refractivity contribution in [2.45, 2.75) is 52.4 Å². The minimum absolute atomic E-state index is 0.0145. The van der Waals surface area contributed by atoms with Crippen molar-refractivity contribution in [2.75, 3.05) is 4.90 Å². The number of fused-ring (bicyclic) bond motifs is 1. The SMILES string of the molecule is C[C@H]1CC[C@H]2C(=O)N(c3cccc(C(=O)Oc4ccc(C(C)(C)C)cc4)c3)C(=O)[C@H]2C1. The predicted octanol–water partition coefficient (Wildman–Crippen LogP) is 5.13. The summed E-state index contributed by atoms with van der Waals surface area (Å²) in [6.07, 6.45) is 2.46. The quantitative estimate of drug-likeness (QED) is 0.393. The minimum atomic E-state index is -0.518. The number of hydrogen-bond donors (Lipinski definition) is 0. The van der Waals surface area contributed by atoms with Crippen molar-refractivity contribution in [3.63, 3.8) is 0 Å². The Morgan fingerprint density at radius 1 is 0.968 bits per heavy atom. The molecule has 1 aliphatic heterocycles. The second-order valence-corrected chi connectivity index (χ2v) is 9.86. The van der Waals surface area contributed by atoms with Crippen LogP contribution in [-0.4, -0.2) is 17.8 Å². The van der Waals surface area contributed by atoms with Gasteiger partial charge in [0.05, 0.1) is 23.1 Å². The van der Waals surface area contributed by atoms with Gasteiger partial charge in [-0.25, -0.2) is 4.79 Å². The van der Waals surface area contributed by atoms with Crippen LogP contribution in [0.1, 0.15) is 62.9 Å². The van der Waals surface area contributed by atoms with Gasteiger partial charge in [0.25, 0.3) is 0 Å². The van der Waals surface area contributed by atoms with E-state index in [1.54, 1.807) is 36.4 Å². The van der Waals surface area contributed by atoms with Crippen molar-refractivity contribution in [1.29, 1.82) is 0 Å². The number of ether oxygens (including phenoxy) is 1. The monoisotopic (exact) mass is 419 g/mol. The zero-order valence-corrected chi connectivity index (χ0v) is 18.6. The highest BCUT2D eigenvalue weighted by molar-refractivity contribution is 6.22. The number of carbonyl (C=O) groups excluding carboxylic acids is 3. The van der Waals surface area contributed by atoms with Gasteiger partial charge in [-0.15, -0.1) is 0 Å². The predicted molar refractivity (Wildman–Crippen MR) is 119 cm³/mol. The molecule has 162 valence electrons. The van der Waals surface area contributed by atoms with Crippen LogP contribution < -0.4 is 9.64 Å². The number of carbonyl (C=O) groups is 3. The van der Waals surface area contributed by atoms with E-state index >= 15 is 0 Å². The fourth-order valence-corrected chi connectivity index (χ4v) is 4.61. The number of hydrogen-bond acceptors (Lipinski definition) is 4. The van der Waals surface area contributed by atoms with Crippen LogP contribution >= 0.6 is 0 Å². The molecule has 0 radical (unpaired) electrons. The molecule has 1 saturated carbocycles. The van der Waals surface area contributed by atoms with E-state index in [4.69, 9.17) is 4.74 Å². The van der Waals surface area contributed by atoms with Crippen LogP contribution in [0.5, 0.6) is 5.75 Å². The van der Waals surface area contributed by atoms with E-state index < -0.39 is 5.97 Å². The molecule has 1 heterocycles.